The van der Waals surface area contributed by atoms with Gasteiger partial charge in [-0.15, -0.1) is 0 Å². The number of nitrogens with one attached hydrogen (secondary N) is 2. The number of carbonyl (C=O) groups excluding carboxylic acids is 1. The molecule has 0 aromatic heterocycles. The number of halogens is 1. The van der Waals surface area contributed by atoms with Crippen molar-refractivity contribution in [2.45, 2.75) is 6.92 Å². The second-order valence-electron chi connectivity index (χ2n) is 2.56. The molecule has 0 saturated carbocycles. The number of aryl methyl sites for hydroxylation is 1. The Hall–Kier alpha value is -1.62. The van der Waals surface area contributed by atoms with Gasteiger partial charge in [-0.3, -0.25) is 5.43 Å². The normalized spacial score (nSPS) is 9.46. The Bertz CT molecular complexity index is 327. The number of nitrogens with two attached hydrogens (primary N) is 1. The van der Waals surface area contributed by atoms with Crippen LogP contribution in [0.3, 0.4) is 0 Å². The molecule has 4 N–H and O–H groups in total. The average molecular weight is 183 g/mol. The minimum Gasteiger partial charge on any atom is -0.307 e. The molecule has 5 heteroatoms. The number of amides is 2. The molecule has 0 saturated heterocycles. The highest BCUT2D eigenvalue weighted by molar-refractivity contribution is 5.88. The van der Waals surface area contributed by atoms with E-state index in [4.69, 9.17) is 5.84 Å². The summed E-state index contributed by atoms with van der Waals surface area (Å²) in [5, 5.41) is 2.42. The molecule has 1 aromatic rings. The Kier molecular flexibility index (Phi) is 2.81. The Morgan fingerprint density at radius 3 is 2.77 bits per heavy atom. The van der Waals surface area contributed by atoms with Crippen LogP contribution in [0.5, 0.6) is 0 Å². The summed E-state index contributed by atoms with van der Waals surface area (Å²) in [6.07, 6.45) is 0. The van der Waals surface area contributed by atoms with Crippen molar-refractivity contribution in [3.63, 3.8) is 0 Å². The molecule has 4 nitrogen and oxygen atoms in total. The molecule has 0 bridgehead atoms. The van der Waals surface area contributed by atoms with Crippen molar-refractivity contribution in [1.82, 2.24) is 5.43 Å². The first-order valence-corrected chi connectivity index (χ1v) is 3.67. The summed E-state index contributed by atoms with van der Waals surface area (Å²) in [6.45, 7) is 1.61. The van der Waals surface area contributed by atoms with Gasteiger partial charge in [0.25, 0.3) is 0 Å². The smallest absolute Gasteiger partial charge is 0.307 e. The van der Waals surface area contributed by atoms with Crippen molar-refractivity contribution >= 4 is 11.7 Å². The lowest BCUT2D eigenvalue weighted by Crippen LogP contribution is -2.34. The van der Waals surface area contributed by atoms with Gasteiger partial charge in [0.05, 0.1) is 0 Å². The van der Waals surface area contributed by atoms with Crippen molar-refractivity contribution in [2.75, 3.05) is 5.32 Å². The quantitative estimate of drug-likeness (QED) is 0.347. The molecule has 0 spiro atoms. The van der Waals surface area contributed by atoms with E-state index in [1.165, 1.54) is 18.2 Å². The molecule has 0 radical (unpaired) electrons. The molecule has 1 rings (SSSR count). The monoisotopic (exact) mass is 183 g/mol. The van der Waals surface area contributed by atoms with Gasteiger partial charge < -0.3 is 5.32 Å². The molecular formula is C8H10FN3O. The number of rotatable bonds is 1. The van der Waals surface area contributed by atoms with E-state index >= 15 is 0 Å². The van der Waals surface area contributed by atoms with Crippen LogP contribution >= 0.6 is 0 Å². The summed E-state index contributed by atoms with van der Waals surface area (Å²) in [5.74, 6) is 4.54. The zero-order valence-electron chi connectivity index (χ0n) is 7.10. The maximum atomic E-state index is 12.8. The van der Waals surface area contributed by atoms with Crippen LogP contribution < -0.4 is 16.6 Å². The highest BCUT2D eigenvalue weighted by Gasteiger charge is 2.01. The second kappa shape index (κ2) is 3.86. The molecule has 0 atom stereocenters. The van der Waals surface area contributed by atoms with E-state index in [0.717, 1.165) is 0 Å². The Balaban J connectivity index is 2.79. The zero-order valence-corrected chi connectivity index (χ0v) is 7.10. The molecule has 0 aliphatic heterocycles. The third kappa shape index (κ3) is 2.41. The SMILES string of the molecule is Cc1cc(NC(=O)NN)ccc1F. The zero-order chi connectivity index (χ0) is 9.84. The summed E-state index contributed by atoms with van der Waals surface area (Å²) >= 11 is 0. The van der Waals surface area contributed by atoms with Crippen LogP contribution in [0, 0.1) is 12.7 Å². The maximum Gasteiger partial charge on any atom is 0.333 e. The van der Waals surface area contributed by atoms with Crippen LogP contribution in [0.2, 0.25) is 0 Å². The highest BCUT2D eigenvalue weighted by atomic mass is 19.1. The summed E-state index contributed by atoms with van der Waals surface area (Å²) in [4.78, 5) is 10.7. The van der Waals surface area contributed by atoms with Gasteiger partial charge in [0.1, 0.15) is 5.82 Å². The number of anilines is 1. The highest BCUT2D eigenvalue weighted by Crippen LogP contribution is 2.13. The van der Waals surface area contributed by atoms with E-state index < -0.39 is 6.03 Å². The predicted molar refractivity (Wildman–Crippen MR) is 47.5 cm³/mol. The molecule has 0 aliphatic carbocycles. The number of benzene rings is 1. The molecule has 0 aliphatic rings. The predicted octanol–water partition coefficient (Wildman–Crippen LogP) is 1.13. The van der Waals surface area contributed by atoms with E-state index in [0.29, 0.717) is 11.3 Å². The molecule has 0 heterocycles. The topological polar surface area (TPSA) is 67.2 Å². The van der Waals surface area contributed by atoms with Crippen LogP contribution in [0.25, 0.3) is 0 Å². The average Bonchev–Trinajstić information content (AvgIpc) is 2.11. The minimum atomic E-state index is -0.536. The summed E-state index contributed by atoms with van der Waals surface area (Å²) < 4.78 is 12.8. The molecule has 2 amide bonds. The number of carbonyl (C=O) groups is 1. The first kappa shape index (κ1) is 9.47. The van der Waals surface area contributed by atoms with Crippen LogP contribution in [0.4, 0.5) is 14.9 Å². The van der Waals surface area contributed by atoms with Gasteiger partial charge in [-0.2, -0.15) is 0 Å². The summed E-state index contributed by atoms with van der Waals surface area (Å²) in [5.41, 5.74) is 2.87. The van der Waals surface area contributed by atoms with Crippen molar-refractivity contribution < 1.29 is 9.18 Å². The lowest BCUT2D eigenvalue weighted by molar-refractivity contribution is 0.252. The summed E-state index contributed by atoms with van der Waals surface area (Å²) in [7, 11) is 0. The fourth-order valence-electron chi connectivity index (χ4n) is 0.890. The Morgan fingerprint density at radius 2 is 2.23 bits per heavy atom. The largest absolute Gasteiger partial charge is 0.333 e. The van der Waals surface area contributed by atoms with Gasteiger partial charge in [0.2, 0.25) is 0 Å². The van der Waals surface area contributed by atoms with Gasteiger partial charge in [0.15, 0.2) is 0 Å². The number of hydrogen-bond donors (Lipinski definition) is 3. The molecule has 0 fully saturated rings. The van der Waals surface area contributed by atoms with Crippen molar-refractivity contribution in [3.05, 3.63) is 29.6 Å². The van der Waals surface area contributed by atoms with Gasteiger partial charge in [-0.1, -0.05) is 0 Å². The fourth-order valence-corrected chi connectivity index (χ4v) is 0.890. The molecule has 0 unspecified atom stereocenters. The van der Waals surface area contributed by atoms with Crippen LogP contribution in [-0.4, -0.2) is 6.03 Å². The minimum absolute atomic E-state index is 0.307. The Labute approximate surface area is 74.9 Å². The lowest BCUT2D eigenvalue weighted by Gasteiger charge is -2.04. The summed E-state index contributed by atoms with van der Waals surface area (Å²) in [6, 6.07) is 3.72. The first-order chi connectivity index (χ1) is 6.13. The van der Waals surface area contributed by atoms with E-state index in [1.807, 2.05) is 5.43 Å². The fraction of sp³-hybridized carbons (Fsp3) is 0.125. The molecule has 70 valence electrons. The Morgan fingerprint density at radius 1 is 1.54 bits per heavy atom. The van der Waals surface area contributed by atoms with Crippen LogP contribution in [-0.2, 0) is 0 Å². The van der Waals surface area contributed by atoms with E-state index in [2.05, 4.69) is 5.32 Å². The van der Waals surface area contributed by atoms with Crippen molar-refractivity contribution in [2.24, 2.45) is 5.84 Å². The third-order valence-electron chi connectivity index (χ3n) is 1.55. The second-order valence-corrected chi connectivity index (χ2v) is 2.56. The number of urea groups is 1. The maximum absolute atomic E-state index is 12.8. The lowest BCUT2D eigenvalue weighted by atomic mass is 10.2. The molecule has 1 aromatic carbocycles. The van der Waals surface area contributed by atoms with Gasteiger partial charge >= 0.3 is 6.03 Å². The van der Waals surface area contributed by atoms with Crippen molar-refractivity contribution in [3.8, 4) is 0 Å². The van der Waals surface area contributed by atoms with E-state index in [1.54, 1.807) is 6.92 Å². The van der Waals surface area contributed by atoms with E-state index in [-0.39, 0.29) is 5.82 Å². The number of hydrogen-bond acceptors (Lipinski definition) is 2. The van der Waals surface area contributed by atoms with E-state index in [9.17, 15) is 9.18 Å². The number of hydrazine groups is 1. The van der Waals surface area contributed by atoms with Gasteiger partial charge in [-0.05, 0) is 30.7 Å². The first-order valence-electron chi connectivity index (χ1n) is 3.67. The third-order valence-corrected chi connectivity index (χ3v) is 1.55. The van der Waals surface area contributed by atoms with Crippen LogP contribution in [0.1, 0.15) is 5.56 Å². The van der Waals surface area contributed by atoms with Crippen molar-refractivity contribution in [1.29, 1.82) is 0 Å². The van der Waals surface area contributed by atoms with Gasteiger partial charge in [0, 0.05) is 5.69 Å². The molecular weight excluding hydrogens is 173 g/mol. The standard InChI is InChI=1S/C8H10FN3O/c1-5-4-6(2-3-7(5)9)11-8(13)12-10/h2-4H,10H2,1H3,(H2,11,12,13). The molecule has 13 heavy (non-hydrogen) atoms. The van der Waals surface area contributed by atoms with Gasteiger partial charge in [-0.25, -0.2) is 15.0 Å². The van der Waals surface area contributed by atoms with Crippen LogP contribution in [0.15, 0.2) is 18.2 Å².